The Morgan fingerprint density at radius 2 is 1.94 bits per heavy atom. The van der Waals surface area contributed by atoms with E-state index < -0.39 is 12.0 Å². The molecule has 18 heavy (non-hydrogen) atoms. The number of carbonyl (C=O) groups excluding carboxylic acids is 1. The van der Waals surface area contributed by atoms with Gasteiger partial charge in [-0.25, -0.2) is 0 Å². The first-order valence-corrected chi connectivity index (χ1v) is 7.02. The minimum atomic E-state index is -0.931. The summed E-state index contributed by atoms with van der Waals surface area (Å²) in [6.07, 6.45) is -0.113. The van der Waals surface area contributed by atoms with Crippen LogP contribution >= 0.6 is 22.7 Å². The fraction of sp³-hybridized carbons (Fsp3) is 0.167. The Kier molecular flexibility index (Phi) is 4.11. The lowest BCUT2D eigenvalue weighted by molar-refractivity contribution is -0.137. The maximum Gasteiger partial charge on any atom is 0.305 e. The van der Waals surface area contributed by atoms with Crippen molar-refractivity contribution >= 4 is 34.6 Å². The van der Waals surface area contributed by atoms with E-state index in [9.17, 15) is 9.59 Å². The third-order valence-electron chi connectivity index (χ3n) is 2.32. The molecular weight excluding hydrogens is 270 g/mol. The second-order valence-corrected chi connectivity index (χ2v) is 5.54. The lowest BCUT2D eigenvalue weighted by atomic mass is 10.1. The maximum absolute atomic E-state index is 11.9. The van der Waals surface area contributed by atoms with Crippen molar-refractivity contribution in [3.8, 4) is 0 Å². The van der Waals surface area contributed by atoms with Crippen molar-refractivity contribution < 1.29 is 14.7 Å². The summed E-state index contributed by atoms with van der Waals surface area (Å²) < 4.78 is 0. The van der Waals surface area contributed by atoms with Crippen LogP contribution in [0.5, 0.6) is 0 Å². The third-order valence-corrected chi connectivity index (χ3v) is 4.17. The van der Waals surface area contributed by atoms with Crippen LogP contribution in [0.25, 0.3) is 0 Å². The minimum absolute atomic E-state index is 0.113. The number of rotatable bonds is 5. The quantitative estimate of drug-likeness (QED) is 0.885. The molecule has 0 aliphatic rings. The predicted octanol–water partition coefficient (Wildman–Crippen LogP) is 2.76. The molecule has 2 heterocycles. The van der Waals surface area contributed by atoms with Gasteiger partial charge in [-0.05, 0) is 22.9 Å². The Morgan fingerprint density at radius 3 is 2.50 bits per heavy atom. The molecule has 1 atom stereocenters. The summed E-state index contributed by atoms with van der Waals surface area (Å²) in [5, 5.41) is 15.3. The first kappa shape index (κ1) is 12.8. The number of nitrogens with one attached hydrogen (secondary N) is 1. The highest BCUT2D eigenvalue weighted by atomic mass is 32.1. The van der Waals surface area contributed by atoms with E-state index in [0.717, 1.165) is 4.88 Å². The molecule has 0 radical (unpaired) electrons. The van der Waals surface area contributed by atoms with Gasteiger partial charge < -0.3 is 10.4 Å². The average molecular weight is 281 g/mol. The first-order valence-electron chi connectivity index (χ1n) is 5.26. The monoisotopic (exact) mass is 281 g/mol. The van der Waals surface area contributed by atoms with Gasteiger partial charge in [0.05, 0.1) is 17.3 Å². The van der Waals surface area contributed by atoms with Crippen molar-refractivity contribution in [2.45, 2.75) is 12.5 Å². The number of carboxylic acid groups (broad SMARTS) is 1. The van der Waals surface area contributed by atoms with E-state index in [-0.39, 0.29) is 12.3 Å². The fourth-order valence-corrected chi connectivity index (χ4v) is 2.93. The van der Waals surface area contributed by atoms with E-state index in [1.165, 1.54) is 22.7 Å². The van der Waals surface area contributed by atoms with Crippen LogP contribution in [-0.2, 0) is 4.79 Å². The van der Waals surface area contributed by atoms with Crippen LogP contribution in [0.1, 0.15) is 27.0 Å². The summed E-state index contributed by atoms with van der Waals surface area (Å²) in [5.74, 6) is -1.16. The van der Waals surface area contributed by atoms with Gasteiger partial charge in [0.2, 0.25) is 0 Å². The Balaban J connectivity index is 2.11. The molecule has 94 valence electrons. The SMILES string of the molecule is O=C(O)C[C@H](NC(=O)c1cccs1)c1cccs1. The van der Waals surface area contributed by atoms with Crippen LogP contribution in [0.4, 0.5) is 0 Å². The number of hydrogen-bond donors (Lipinski definition) is 2. The fourth-order valence-electron chi connectivity index (χ4n) is 1.52. The number of thiophene rings is 2. The van der Waals surface area contributed by atoms with Crippen molar-refractivity contribution in [1.82, 2.24) is 5.32 Å². The molecule has 0 spiro atoms. The second kappa shape index (κ2) is 5.79. The van der Waals surface area contributed by atoms with Gasteiger partial charge in [-0.15, -0.1) is 22.7 Å². The summed E-state index contributed by atoms with van der Waals surface area (Å²) in [4.78, 5) is 24.2. The number of hydrogen-bond acceptors (Lipinski definition) is 4. The maximum atomic E-state index is 11.9. The molecule has 0 aliphatic carbocycles. The van der Waals surface area contributed by atoms with Gasteiger partial charge in [0.15, 0.2) is 0 Å². The van der Waals surface area contributed by atoms with Crippen LogP contribution in [0.2, 0.25) is 0 Å². The van der Waals surface area contributed by atoms with Crippen LogP contribution < -0.4 is 5.32 Å². The third kappa shape index (κ3) is 3.18. The van der Waals surface area contributed by atoms with Gasteiger partial charge in [-0.2, -0.15) is 0 Å². The standard InChI is InChI=1S/C12H11NO3S2/c14-11(15)7-8(9-3-1-5-17-9)13-12(16)10-4-2-6-18-10/h1-6,8H,7H2,(H,13,16)(H,14,15)/t8-/m0/s1. The van der Waals surface area contributed by atoms with Crippen molar-refractivity contribution in [3.05, 3.63) is 44.8 Å². The van der Waals surface area contributed by atoms with Crippen molar-refractivity contribution in [2.75, 3.05) is 0 Å². The average Bonchev–Trinajstić information content (AvgIpc) is 3.01. The van der Waals surface area contributed by atoms with E-state index >= 15 is 0 Å². The Bertz CT molecular complexity index is 520. The molecule has 0 fully saturated rings. The zero-order chi connectivity index (χ0) is 13.0. The molecular formula is C12H11NO3S2. The first-order chi connectivity index (χ1) is 8.66. The minimum Gasteiger partial charge on any atom is -0.481 e. The molecule has 0 aromatic carbocycles. The molecule has 0 saturated heterocycles. The van der Waals surface area contributed by atoms with Crippen molar-refractivity contribution in [1.29, 1.82) is 0 Å². The molecule has 0 aliphatic heterocycles. The Hall–Kier alpha value is -1.66. The number of amides is 1. The van der Waals surface area contributed by atoms with Gasteiger partial charge in [0.1, 0.15) is 0 Å². The van der Waals surface area contributed by atoms with Gasteiger partial charge in [-0.3, -0.25) is 9.59 Å². The molecule has 2 rings (SSSR count). The highest BCUT2D eigenvalue weighted by Gasteiger charge is 2.19. The molecule has 1 amide bonds. The molecule has 2 aromatic heterocycles. The number of aliphatic carboxylic acids is 1. The Morgan fingerprint density at radius 1 is 1.22 bits per heavy atom. The summed E-state index contributed by atoms with van der Waals surface area (Å²) in [6.45, 7) is 0. The summed E-state index contributed by atoms with van der Waals surface area (Å²) in [5.41, 5.74) is 0. The van der Waals surface area contributed by atoms with E-state index in [2.05, 4.69) is 5.32 Å². The largest absolute Gasteiger partial charge is 0.481 e. The molecule has 2 N–H and O–H groups in total. The van der Waals surface area contributed by atoms with Crippen molar-refractivity contribution in [3.63, 3.8) is 0 Å². The van der Waals surface area contributed by atoms with Gasteiger partial charge in [0, 0.05) is 4.88 Å². The molecule has 4 nitrogen and oxygen atoms in total. The van der Waals surface area contributed by atoms with E-state index in [4.69, 9.17) is 5.11 Å². The second-order valence-electron chi connectivity index (χ2n) is 3.62. The number of carbonyl (C=O) groups is 2. The molecule has 0 saturated carbocycles. The zero-order valence-electron chi connectivity index (χ0n) is 9.33. The van der Waals surface area contributed by atoms with Crippen molar-refractivity contribution in [2.24, 2.45) is 0 Å². The van der Waals surface area contributed by atoms with Crippen LogP contribution in [0.3, 0.4) is 0 Å². The van der Waals surface area contributed by atoms with E-state index in [1.807, 2.05) is 22.9 Å². The van der Waals surface area contributed by atoms with Gasteiger partial charge in [-0.1, -0.05) is 12.1 Å². The predicted molar refractivity (Wildman–Crippen MR) is 71.1 cm³/mol. The normalized spacial score (nSPS) is 12.0. The molecule has 0 bridgehead atoms. The zero-order valence-corrected chi connectivity index (χ0v) is 11.0. The molecule has 0 unspecified atom stereocenters. The lowest BCUT2D eigenvalue weighted by Gasteiger charge is -2.14. The molecule has 6 heteroatoms. The van der Waals surface area contributed by atoms with Gasteiger partial charge in [0.25, 0.3) is 5.91 Å². The highest BCUT2D eigenvalue weighted by molar-refractivity contribution is 7.12. The lowest BCUT2D eigenvalue weighted by Crippen LogP contribution is -2.29. The molecule has 2 aromatic rings. The smallest absolute Gasteiger partial charge is 0.305 e. The van der Waals surface area contributed by atoms with Crippen LogP contribution in [0, 0.1) is 0 Å². The Labute approximate surface area is 112 Å². The van der Waals surface area contributed by atoms with E-state index in [0.29, 0.717) is 4.88 Å². The topological polar surface area (TPSA) is 66.4 Å². The summed E-state index contributed by atoms with van der Waals surface area (Å²) in [6, 6.07) is 6.69. The van der Waals surface area contributed by atoms with Crippen LogP contribution in [0.15, 0.2) is 35.0 Å². The number of carboxylic acids is 1. The summed E-state index contributed by atoms with van der Waals surface area (Å²) in [7, 11) is 0. The highest BCUT2D eigenvalue weighted by Crippen LogP contribution is 2.23. The van der Waals surface area contributed by atoms with E-state index in [1.54, 1.807) is 12.1 Å². The van der Waals surface area contributed by atoms with Crippen LogP contribution in [-0.4, -0.2) is 17.0 Å². The van der Waals surface area contributed by atoms with Gasteiger partial charge >= 0.3 is 5.97 Å². The summed E-state index contributed by atoms with van der Waals surface area (Å²) >= 11 is 2.77.